The summed E-state index contributed by atoms with van der Waals surface area (Å²) < 4.78 is 0. The number of fused-ring (bicyclic) bond motifs is 1. The molecule has 0 amide bonds. The number of benzene rings is 1. The first-order chi connectivity index (χ1) is 10.2. The van der Waals surface area contributed by atoms with E-state index in [0.29, 0.717) is 11.7 Å². The minimum atomic E-state index is 0.481. The van der Waals surface area contributed by atoms with Crippen LogP contribution >= 0.6 is 0 Å². The molecule has 3 aromatic rings. The first-order valence-corrected chi connectivity index (χ1v) is 7.21. The fourth-order valence-electron chi connectivity index (χ4n) is 2.64. The Labute approximate surface area is 123 Å². The van der Waals surface area contributed by atoms with Crippen LogP contribution in [0.1, 0.15) is 30.1 Å². The fourth-order valence-corrected chi connectivity index (χ4v) is 2.64. The predicted molar refractivity (Wildman–Crippen MR) is 83.9 cm³/mol. The molecule has 2 heterocycles. The molecule has 0 aliphatic heterocycles. The van der Waals surface area contributed by atoms with Crippen LogP contribution < -0.4 is 5.73 Å². The standard InChI is InChI=1S/C17H16N4/c1-10-15(20-17(11-6-7-11)21-16(10)18)14-9-19-8-12-4-2-3-5-13(12)14/h2-5,8-9,11H,6-7H2,1H3,(H2,18,20,21). The number of pyridine rings is 1. The monoisotopic (exact) mass is 276 g/mol. The topological polar surface area (TPSA) is 64.7 Å². The molecule has 0 spiro atoms. The summed E-state index contributed by atoms with van der Waals surface area (Å²) in [4.78, 5) is 13.6. The van der Waals surface area contributed by atoms with Crippen molar-refractivity contribution in [1.82, 2.24) is 15.0 Å². The van der Waals surface area contributed by atoms with Crippen LogP contribution in [0.25, 0.3) is 22.0 Å². The van der Waals surface area contributed by atoms with Crippen LogP contribution in [0.15, 0.2) is 36.7 Å². The highest BCUT2D eigenvalue weighted by molar-refractivity contribution is 5.95. The van der Waals surface area contributed by atoms with Gasteiger partial charge in [-0.15, -0.1) is 0 Å². The molecule has 21 heavy (non-hydrogen) atoms. The third kappa shape index (κ3) is 2.03. The SMILES string of the molecule is Cc1c(N)nc(C2CC2)nc1-c1cncc2ccccc12. The largest absolute Gasteiger partial charge is 0.383 e. The number of hydrogen-bond acceptors (Lipinski definition) is 4. The summed E-state index contributed by atoms with van der Waals surface area (Å²) in [6.07, 6.45) is 6.07. The molecule has 4 heteroatoms. The first-order valence-electron chi connectivity index (χ1n) is 7.21. The van der Waals surface area contributed by atoms with Crippen molar-refractivity contribution in [3.63, 3.8) is 0 Å². The fraction of sp³-hybridized carbons (Fsp3) is 0.235. The van der Waals surface area contributed by atoms with Crippen molar-refractivity contribution in [3.8, 4) is 11.3 Å². The summed E-state index contributed by atoms with van der Waals surface area (Å²) in [6.45, 7) is 1.98. The van der Waals surface area contributed by atoms with E-state index in [2.05, 4.69) is 22.1 Å². The molecule has 0 saturated heterocycles. The smallest absolute Gasteiger partial charge is 0.134 e. The Bertz CT molecular complexity index is 832. The van der Waals surface area contributed by atoms with E-state index in [0.717, 1.165) is 46.3 Å². The summed E-state index contributed by atoms with van der Waals surface area (Å²) in [6, 6.07) is 8.21. The summed E-state index contributed by atoms with van der Waals surface area (Å²) in [5.74, 6) is 1.94. The van der Waals surface area contributed by atoms with Crippen LogP contribution in [-0.4, -0.2) is 15.0 Å². The lowest BCUT2D eigenvalue weighted by Crippen LogP contribution is -2.04. The van der Waals surface area contributed by atoms with Crippen molar-refractivity contribution < 1.29 is 0 Å². The molecule has 104 valence electrons. The maximum absolute atomic E-state index is 6.10. The third-order valence-electron chi connectivity index (χ3n) is 4.07. The van der Waals surface area contributed by atoms with Gasteiger partial charge >= 0.3 is 0 Å². The molecule has 0 atom stereocenters. The van der Waals surface area contributed by atoms with Gasteiger partial charge in [0.05, 0.1) is 5.69 Å². The maximum atomic E-state index is 6.10. The van der Waals surface area contributed by atoms with Crippen molar-refractivity contribution in [1.29, 1.82) is 0 Å². The normalized spacial score (nSPS) is 14.5. The second-order valence-corrected chi connectivity index (χ2v) is 5.62. The van der Waals surface area contributed by atoms with Crippen LogP contribution in [0.3, 0.4) is 0 Å². The lowest BCUT2D eigenvalue weighted by Gasteiger charge is -2.11. The predicted octanol–water partition coefficient (Wildman–Crippen LogP) is 3.46. The summed E-state index contributed by atoms with van der Waals surface area (Å²) >= 11 is 0. The Morgan fingerprint density at radius 1 is 1.10 bits per heavy atom. The van der Waals surface area contributed by atoms with Gasteiger partial charge in [-0.05, 0) is 25.2 Å². The molecule has 1 aliphatic carbocycles. The number of nitrogens with two attached hydrogens (primary N) is 1. The molecule has 0 unspecified atom stereocenters. The molecule has 1 fully saturated rings. The summed E-state index contributed by atoms with van der Waals surface area (Å²) in [5, 5.41) is 2.26. The van der Waals surface area contributed by atoms with E-state index >= 15 is 0 Å². The molecule has 1 aromatic carbocycles. The van der Waals surface area contributed by atoms with Gasteiger partial charge in [-0.25, -0.2) is 9.97 Å². The Morgan fingerprint density at radius 3 is 2.71 bits per heavy atom. The molecular formula is C17H16N4. The van der Waals surface area contributed by atoms with E-state index in [1.165, 1.54) is 0 Å². The summed E-state index contributed by atoms with van der Waals surface area (Å²) in [7, 11) is 0. The minimum absolute atomic E-state index is 0.481. The van der Waals surface area contributed by atoms with Crippen LogP contribution in [0.5, 0.6) is 0 Å². The maximum Gasteiger partial charge on any atom is 0.134 e. The van der Waals surface area contributed by atoms with Gasteiger partial charge in [0.2, 0.25) is 0 Å². The quantitative estimate of drug-likeness (QED) is 0.778. The van der Waals surface area contributed by atoms with Gasteiger partial charge in [-0.2, -0.15) is 0 Å². The molecule has 0 bridgehead atoms. The molecule has 1 aliphatic rings. The third-order valence-corrected chi connectivity index (χ3v) is 4.07. The summed E-state index contributed by atoms with van der Waals surface area (Å²) in [5.41, 5.74) is 8.97. The van der Waals surface area contributed by atoms with Gasteiger partial charge in [0, 0.05) is 34.8 Å². The molecule has 0 radical (unpaired) electrons. The number of rotatable bonds is 2. The Morgan fingerprint density at radius 2 is 1.90 bits per heavy atom. The van der Waals surface area contributed by atoms with Crippen molar-refractivity contribution in [2.45, 2.75) is 25.7 Å². The first kappa shape index (κ1) is 12.3. The number of hydrogen-bond donors (Lipinski definition) is 1. The van der Waals surface area contributed by atoms with Gasteiger partial charge in [0.15, 0.2) is 0 Å². The van der Waals surface area contributed by atoms with E-state index in [4.69, 9.17) is 10.7 Å². The number of nitrogens with zero attached hydrogens (tertiary/aromatic N) is 3. The van der Waals surface area contributed by atoms with Crippen molar-refractivity contribution in [2.24, 2.45) is 0 Å². The zero-order valence-corrected chi connectivity index (χ0v) is 11.9. The van der Waals surface area contributed by atoms with E-state index in [1.54, 1.807) is 0 Å². The van der Waals surface area contributed by atoms with Gasteiger partial charge in [-0.1, -0.05) is 24.3 Å². The van der Waals surface area contributed by atoms with E-state index in [1.807, 2.05) is 31.5 Å². The number of anilines is 1. The molecule has 4 rings (SSSR count). The van der Waals surface area contributed by atoms with E-state index in [9.17, 15) is 0 Å². The Kier molecular flexibility index (Phi) is 2.64. The number of aromatic nitrogens is 3. The van der Waals surface area contributed by atoms with Gasteiger partial charge < -0.3 is 5.73 Å². The molecule has 2 N–H and O–H groups in total. The Hall–Kier alpha value is -2.49. The van der Waals surface area contributed by atoms with Gasteiger partial charge in [0.1, 0.15) is 11.6 Å². The highest BCUT2D eigenvalue weighted by Gasteiger charge is 2.28. The minimum Gasteiger partial charge on any atom is -0.383 e. The highest BCUT2D eigenvalue weighted by Crippen LogP contribution is 2.40. The molecule has 1 saturated carbocycles. The molecular weight excluding hydrogens is 260 g/mol. The van der Waals surface area contributed by atoms with Crippen molar-refractivity contribution in [3.05, 3.63) is 48.0 Å². The molecule has 2 aromatic heterocycles. The van der Waals surface area contributed by atoms with Gasteiger partial charge in [-0.3, -0.25) is 4.98 Å². The van der Waals surface area contributed by atoms with E-state index < -0.39 is 0 Å². The lowest BCUT2D eigenvalue weighted by atomic mass is 10.0. The average Bonchev–Trinajstić information content (AvgIpc) is 3.34. The second-order valence-electron chi connectivity index (χ2n) is 5.62. The lowest BCUT2D eigenvalue weighted by molar-refractivity contribution is 0.928. The zero-order chi connectivity index (χ0) is 14.4. The van der Waals surface area contributed by atoms with Crippen LogP contribution in [0.2, 0.25) is 0 Å². The van der Waals surface area contributed by atoms with Crippen LogP contribution in [-0.2, 0) is 0 Å². The molecule has 4 nitrogen and oxygen atoms in total. The van der Waals surface area contributed by atoms with Gasteiger partial charge in [0.25, 0.3) is 0 Å². The Balaban J connectivity index is 2.00. The number of nitrogen functional groups attached to an aromatic ring is 1. The van der Waals surface area contributed by atoms with Crippen LogP contribution in [0.4, 0.5) is 5.82 Å². The van der Waals surface area contributed by atoms with Crippen molar-refractivity contribution >= 4 is 16.6 Å². The van der Waals surface area contributed by atoms with Crippen molar-refractivity contribution in [2.75, 3.05) is 5.73 Å². The van der Waals surface area contributed by atoms with Crippen LogP contribution in [0, 0.1) is 6.92 Å². The zero-order valence-electron chi connectivity index (χ0n) is 11.9. The van der Waals surface area contributed by atoms with E-state index in [-0.39, 0.29) is 0 Å². The second kappa shape index (κ2) is 4.52. The highest BCUT2D eigenvalue weighted by atomic mass is 15.0. The average molecular weight is 276 g/mol.